The van der Waals surface area contributed by atoms with Crippen molar-refractivity contribution in [2.24, 2.45) is 5.41 Å². The van der Waals surface area contributed by atoms with Gasteiger partial charge in [0, 0.05) is 32.3 Å². The molecule has 0 rings (SSSR count). The molecule has 0 aliphatic heterocycles. The largest absolute Gasteiger partial charge is 0.397 e. The van der Waals surface area contributed by atoms with Crippen molar-refractivity contribution in [1.29, 1.82) is 0 Å². The molecule has 0 unspecified atom stereocenters. The Morgan fingerprint density at radius 1 is 0.618 bits per heavy atom. The fourth-order valence-corrected chi connectivity index (χ4v) is 4.49. The first-order valence-electron chi connectivity index (χ1n) is 13.7. The molecule has 0 aliphatic carbocycles. The van der Waals surface area contributed by atoms with Crippen molar-refractivity contribution >= 4 is 10.4 Å². The van der Waals surface area contributed by atoms with E-state index in [2.05, 4.69) is 13.8 Å². The van der Waals surface area contributed by atoms with E-state index >= 15 is 0 Å². The molecule has 0 heterocycles. The molecule has 0 amide bonds. The third-order valence-electron chi connectivity index (χ3n) is 6.15. The van der Waals surface area contributed by atoms with Crippen molar-refractivity contribution in [2.75, 3.05) is 46.8 Å². The number of hydrogen-bond acceptors (Lipinski definition) is 6. The van der Waals surface area contributed by atoms with Crippen LogP contribution >= 0.6 is 0 Å². The third kappa shape index (κ3) is 22.2. The van der Waals surface area contributed by atoms with Gasteiger partial charge in [0.15, 0.2) is 0 Å². The second-order valence-electron chi connectivity index (χ2n) is 9.63. The highest BCUT2D eigenvalue weighted by Gasteiger charge is 2.32. The monoisotopic (exact) mass is 510 g/mol. The maximum Gasteiger partial charge on any atom is 0.397 e. The molecule has 7 nitrogen and oxygen atoms in total. The van der Waals surface area contributed by atoms with Crippen LogP contribution in [0, 0.1) is 5.41 Å². The maximum atomic E-state index is 11.2. The summed E-state index contributed by atoms with van der Waals surface area (Å²) >= 11 is 0. The minimum absolute atomic E-state index is 0.141. The highest BCUT2D eigenvalue weighted by Crippen LogP contribution is 2.28. The number of ether oxygens (including phenoxy) is 3. The van der Waals surface area contributed by atoms with Crippen LogP contribution in [-0.2, 0) is 28.8 Å². The summed E-state index contributed by atoms with van der Waals surface area (Å²) in [6.45, 7) is 7.22. The molecule has 0 saturated carbocycles. The van der Waals surface area contributed by atoms with Gasteiger partial charge in [-0.3, -0.25) is 4.55 Å². The van der Waals surface area contributed by atoms with E-state index in [9.17, 15) is 8.42 Å². The zero-order chi connectivity index (χ0) is 25.4. The fourth-order valence-electron chi connectivity index (χ4n) is 4.09. The van der Waals surface area contributed by atoms with Gasteiger partial charge < -0.3 is 14.2 Å². The lowest BCUT2D eigenvalue weighted by Gasteiger charge is -2.32. The molecule has 1 atom stereocenters. The molecule has 0 spiro atoms. The van der Waals surface area contributed by atoms with Gasteiger partial charge >= 0.3 is 10.4 Å². The van der Waals surface area contributed by atoms with E-state index in [-0.39, 0.29) is 6.61 Å². The number of hydrogen-bond donors (Lipinski definition) is 1. The molecule has 34 heavy (non-hydrogen) atoms. The van der Waals surface area contributed by atoms with E-state index in [0.717, 1.165) is 58.2 Å². The quantitative estimate of drug-likeness (QED) is 0.0964. The van der Waals surface area contributed by atoms with Gasteiger partial charge in [0.2, 0.25) is 0 Å². The van der Waals surface area contributed by atoms with Crippen molar-refractivity contribution in [3.05, 3.63) is 0 Å². The Kier molecular flexibility index (Phi) is 23.0. The topological polar surface area (TPSA) is 91.3 Å². The molecule has 8 heteroatoms. The van der Waals surface area contributed by atoms with Crippen molar-refractivity contribution in [1.82, 2.24) is 0 Å². The van der Waals surface area contributed by atoms with E-state index < -0.39 is 15.8 Å². The van der Waals surface area contributed by atoms with Gasteiger partial charge in [0.05, 0.1) is 19.8 Å². The van der Waals surface area contributed by atoms with Gasteiger partial charge in [-0.05, 0) is 25.7 Å². The van der Waals surface area contributed by atoms with Crippen LogP contribution in [0.1, 0.15) is 117 Å². The first-order valence-corrected chi connectivity index (χ1v) is 15.0. The molecule has 0 aromatic carbocycles. The van der Waals surface area contributed by atoms with Crippen LogP contribution in [0.3, 0.4) is 0 Å². The molecule has 0 saturated heterocycles. The summed E-state index contributed by atoms with van der Waals surface area (Å²) in [5.74, 6) is 0. The molecule has 0 aromatic rings. The lowest BCUT2D eigenvalue weighted by atomic mass is 9.84. The summed E-state index contributed by atoms with van der Waals surface area (Å²) in [4.78, 5) is 0. The van der Waals surface area contributed by atoms with Crippen molar-refractivity contribution < 1.29 is 31.4 Å². The SMILES string of the molecule is CCCCCCCCCCOC[C@@](CCCCCCOCCCCC)(COC)COS(=O)(=O)O. The number of unbranched alkanes of at least 4 members (excludes halogenated alkanes) is 12. The van der Waals surface area contributed by atoms with E-state index in [1.165, 1.54) is 51.4 Å². The van der Waals surface area contributed by atoms with Gasteiger partial charge in [0.25, 0.3) is 0 Å². The molecule has 0 bridgehead atoms. The number of methoxy groups -OCH3 is 1. The standard InChI is InChI=1S/C26H54O7S/c1-4-6-8-9-10-11-13-18-22-32-24-26(23-30-3,25-33-34(27,28)29)19-15-12-14-17-21-31-20-16-7-5-2/h4-25H2,1-3H3,(H,27,28,29)/t26-/m1/s1. The van der Waals surface area contributed by atoms with Crippen molar-refractivity contribution in [3.8, 4) is 0 Å². The lowest BCUT2D eigenvalue weighted by Crippen LogP contribution is -2.38. The van der Waals surface area contributed by atoms with Crippen LogP contribution in [0.25, 0.3) is 0 Å². The van der Waals surface area contributed by atoms with E-state index in [0.29, 0.717) is 26.2 Å². The molecular weight excluding hydrogens is 456 g/mol. The van der Waals surface area contributed by atoms with Gasteiger partial charge in [-0.15, -0.1) is 0 Å². The van der Waals surface area contributed by atoms with E-state index in [1.807, 2.05) is 0 Å². The van der Waals surface area contributed by atoms with Gasteiger partial charge in [-0.1, -0.05) is 90.9 Å². The summed E-state index contributed by atoms with van der Waals surface area (Å²) in [5.41, 5.74) is -0.596. The van der Waals surface area contributed by atoms with Crippen LogP contribution in [0.5, 0.6) is 0 Å². The summed E-state index contributed by atoms with van der Waals surface area (Å²) in [6, 6.07) is 0. The van der Waals surface area contributed by atoms with Crippen LogP contribution in [0.4, 0.5) is 0 Å². The minimum atomic E-state index is -4.51. The molecule has 0 aromatic heterocycles. The van der Waals surface area contributed by atoms with Crippen LogP contribution in [0.15, 0.2) is 0 Å². The summed E-state index contributed by atoms with van der Waals surface area (Å²) in [7, 11) is -2.91. The molecule has 0 fully saturated rings. The summed E-state index contributed by atoms with van der Waals surface area (Å²) < 4.78 is 53.3. The van der Waals surface area contributed by atoms with Crippen molar-refractivity contribution in [2.45, 2.75) is 117 Å². The summed E-state index contributed by atoms with van der Waals surface area (Å²) in [5, 5.41) is 0. The fraction of sp³-hybridized carbons (Fsp3) is 1.00. The Labute approximate surface area is 210 Å². The normalized spacial score (nSPS) is 13.9. The Balaban J connectivity index is 4.31. The molecular formula is C26H54O7S. The Bertz CT molecular complexity index is 501. The Morgan fingerprint density at radius 3 is 1.65 bits per heavy atom. The summed E-state index contributed by atoms with van der Waals surface area (Å²) in [6.07, 6.45) is 18.2. The average Bonchev–Trinajstić information content (AvgIpc) is 2.80. The van der Waals surface area contributed by atoms with Crippen LogP contribution in [-0.4, -0.2) is 59.7 Å². The third-order valence-corrected chi connectivity index (χ3v) is 6.57. The predicted octanol–water partition coefficient (Wildman–Crippen LogP) is 6.75. The first-order chi connectivity index (χ1) is 16.4. The van der Waals surface area contributed by atoms with E-state index in [4.69, 9.17) is 22.9 Å². The Hall–Kier alpha value is -0.250. The van der Waals surface area contributed by atoms with Gasteiger partial charge in [-0.2, -0.15) is 8.42 Å². The lowest BCUT2D eigenvalue weighted by molar-refractivity contribution is -0.0409. The zero-order valence-electron chi connectivity index (χ0n) is 22.4. The second-order valence-corrected chi connectivity index (χ2v) is 10.7. The van der Waals surface area contributed by atoms with Crippen molar-refractivity contribution in [3.63, 3.8) is 0 Å². The van der Waals surface area contributed by atoms with Crippen LogP contribution < -0.4 is 0 Å². The predicted molar refractivity (Wildman–Crippen MR) is 139 cm³/mol. The number of rotatable bonds is 27. The highest BCUT2D eigenvalue weighted by atomic mass is 32.3. The second kappa shape index (κ2) is 23.2. The van der Waals surface area contributed by atoms with Gasteiger partial charge in [-0.25, -0.2) is 4.18 Å². The van der Waals surface area contributed by atoms with Gasteiger partial charge in [0.1, 0.15) is 0 Å². The highest BCUT2D eigenvalue weighted by molar-refractivity contribution is 7.80. The average molecular weight is 511 g/mol. The first kappa shape index (κ1) is 33.8. The molecule has 206 valence electrons. The smallest absolute Gasteiger partial charge is 0.384 e. The Morgan fingerprint density at radius 2 is 1.09 bits per heavy atom. The molecule has 0 radical (unpaired) electrons. The van der Waals surface area contributed by atoms with E-state index in [1.54, 1.807) is 7.11 Å². The zero-order valence-corrected chi connectivity index (χ0v) is 23.2. The maximum absolute atomic E-state index is 11.2. The molecule has 0 aliphatic rings. The molecule has 1 N–H and O–H groups in total. The minimum Gasteiger partial charge on any atom is -0.384 e. The van der Waals surface area contributed by atoms with Crippen LogP contribution in [0.2, 0.25) is 0 Å².